The van der Waals surface area contributed by atoms with Crippen LogP contribution in [-0.2, 0) is 11.2 Å². The predicted octanol–water partition coefficient (Wildman–Crippen LogP) is 4.59. The summed E-state index contributed by atoms with van der Waals surface area (Å²) in [5.74, 6) is -0.00270. The van der Waals surface area contributed by atoms with Gasteiger partial charge in [0, 0.05) is 25.1 Å². The number of fused-ring (bicyclic) bond motifs is 5. The minimum absolute atomic E-state index is 0.00270. The average Bonchev–Trinajstić information content (AvgIpc) is 2.72. The number of anilines is 1. The summed E-state index contributed by atoms with van der Waals surface area (Å²) in [5, 5.41) is 4.70. The number of rotatable bonds is 0. The zero-order chi connectivity index (χ0) is 14.6. The van der Waals surface area contributed by atoms with Gasteiger partial charge in [-0.25, -0.2) is 0 Å². The molecule has 0 saturated carbocycles. The lowest BCUT2D eigenvalue weighted by Gasteiger charge is -2.07. The molecule has 0 aliphatic carbocycles. The first-order valence-electron chi connectivity index (χ1n) is 6.52. The van der Waals surface area contributed by atoms with Crippen molar-refractivity contribution in [3.05, 3.63) is 50.6 Å². The number of aromatic amines is 1. The number of benzene rings is 2. The smallest absolute Gasteiger partial charge is 0.228 e. The van der Waals surface area contributed by atoms with E-state index in [2.05, 4.69) is 45.0 Å². The van der Waals surface area contributed by atoms with E-state index < -0.39 is 0 Å². The van der Waals surface area contributed by atoms with Crippen LogP contribution in [0.4, 0.5) is 5.69 Å². The van der Waals surface area contributed by atoms with Gasteiger partial charge in [0.2, 0.25) is 5.91 Å². The van der Waals surface area contributed by atoms with Crippen LogP contribution >= 0.6 is 34.2 Å². The molecule has 4 rings (SSSR count). The van der Waals surface area contributed by atoms with Crippen molar-refractivity contribution in [2.45, 2.75) is 6.42 Å². The first-order chi connectivity index (χ1) is 10.1. The van der Waals surface area contributed by atoms with Crippen LogP contribution in [0.15, 0.2) is 36.4 Å². The second-order valence-electron chi connectivity index (χ2n) is 5.08. The summed E-state index contributed by atoms with van der Waals surface area (Å²) in [6, 6.07) is 11.7. The standard InChI is InChI=1S/C16H10ClIN2O/c17-8-1-3-14-12(5-8)16-11(7-15(21)19-14)10-6-9(18)2-4-13(10)20-16/h1-6,20H,7H2,(H,19,21). The molecule has 2 aromatic carbocycles. The molecule has 1 aliphatic rings. The summed E-state index contributed by atoms with van der Waals surface area (Å²) in [7, 11) is 0. The van der Waals surface area contributed by atoms with Gasteiger partial charge in [0.1, 0.15) is 0 Å². The molecule has 0 atom stereocenters. The molecule has 1 amide bonds. The van der Waals surface area contributed by atoms with Crippen molar-refractivity contribution < 1.29 is 4.79 Å². The van der Waals surface area contributed by atoms with Crippen molar-refractivity contribution in [1.82, 2.24) is 4.98 Å². The van der Waals surface area contributed by atoms with Crippen LogP contribution in [0.3, 0.4) is 0 Å². The topological polar surface area (TPSA) is 44.9 Å². The second kappa shape index (κ2) is 4.74. The SMILES string of the molecule is O=C1Cc2c([nH]c3ccc(I)cc23)-c2cc(Cl)ccc2N1. The highest BCUT2D eigenvalue weighted by Crippen LogP contribution is 2.38. The number of hydrogen-bond donors (Lipinski definition) is 2. The molecule has 1 aromatic heterocycles. The minimum Gasteiger partial charge on any atom is -0.354 e. The number of amides is 1. The van der Waals surface area contributed by atoms with Gasteiger partial charge in [0.25, 0.3) is 0 Å². The van der Waals surface area contributed by atoms with Gasteiger partial charge < -0.3 is 10.3 Å². The molecule has 0 radical (unpaired) electrons. The molecule has 0 fully saturated rings. The predicted molar refractivity (Wildman–Crippen MR) is 93.8 cm³/mol. The maximum absolute atomic E-state index is 12.2. The van der Waals surface area contributed by atoms with Crippen LogP contribution in [0.5, 0.6) is 0 Å². The fourth-order valence-corrected chi connectivity index (χ4v) is 3.48. The molecule has 0 bridgehead atoms. The molecule has 0 unspecified atom stereocenters. The number of H-pyrrole nitrogens is 1. The van der Waals surface area contributed by atoms with Crippen molar-refractivity contribution in [3.63, 3.8) is 0 Å². The molecule has 0 spiro atoms. The highest BCUT2D eigenvalue weighted by Gasteiger charge is 2.23. The third-order valence-electron chi connectivity index (χ3n) is 3.73. The number of carbonyl (C=O) groups is 1. The Morgan fingerprint density at radius 1 is 1.14 bits per heavy atom. The fraction of sp³-hybridized carbons (Fsp3) is 0.0625. The van der Waals surface area contributed by atoms with E-state index in [1.165, 1.54) is 0 Å². The molecule has 5 heteroatoms. The van der Waals surface area contributed by atoms with Gasteiger partial charge in [0.05, 0.1) is 17.8 Å². The van der Waals surface area contributed by atoms with Crippen molar-refractivity contribution in [3.8, 4) is 11.3 Å². The first kappa shape index (κ1) is 13.2. The quantitative estimate of drug-likeness (QED) is 0.525. The molecular formula is C16H10ClIN2O. The number of carbonyl (C=O) groups excluding carboxylic acids is 1. The van der Waals surface area contributed by atoms with E-state index >= 15 is 0 Å². The van der Waals surface area contributed by atoms with Crippen LogP contribution in [0.2, 0.25) is 5.02 Å². The Balaban J connectivity index is 2.10. The molecule has 104 valence electrons. The van der Waals surface area contributed by atoms with Crippen LogP contribution in [0.1, 0.15) is 5.56 Å². The third kappa shape index (κ3) is 2.13. The lowest BCUT2D eigenvalue weighted by molar-refractivity contribution is -0.115. The van der Waals surface area contributed by atoms with E-state index in [0.717, 1.165) is 37.0 Å². The Bertz CT molecular complexity index is 901. The number of hydrogen-bond acceptors (Lipinski definition) is 1. The summed E-state index contributed by atoms with van der Waals surface area (Å²) >= 11 is 8.41. The summed E-state index contributed by atoms with van der Waals surface area (Å²) in [6.45, 7) is 0. The van der Waals surface area contributed by atoms with Crippen molar-refractivity contribution >= 4 is 56.7 Å². The number of halogens is 2. The van der Waals surface area contributed by atoms with Crippen LogP contribution < -0.4 is 5.32 Å². The number of nitrogens with one attached hydrogen (secondary N) is 2. The highest BCUT2D eigenvalue weighted by molar-refractivity contribution is 14.1. The molecule has 1 aliphatic heterocycles. The van der Waals surface area contributed by atoms with Crippen LogP contribution in [0, 0.1) is 3.57 Å². The molecule has 2 N–H and O–H groups in total. The van der Waals surface area contributed by atoms with E-state index in [1.807, 2.05) is 18.2 Å². The van der Waals surface area contributed by atoms with Gasteiger partial charge >= 0.3 is 0 Å². The van der Waals surface area contributed by atoms with Crippen LogP contribution in [0.25, 0.3) is 22.2 Å². The van der Waals surface area contributed by atoms with Gasteiger partial charge in [-0.15, -0.1) is 0 Å². The Morgan fingerprint density at radius 2 is 2.00 bits per heavy atom. The summed E-state index contributed by atoms with van der Waals surface area (Å²) < 4.78 is 1.15. The zero-order valence-electron chi connectivity index (χ0n) is 10.8. The first-order valence-corrected chi connectivity index (χ1v) is 7.97. The van der Waals surface area contributed by atoms with Crippen molar-refractivity contribution in [1.29, 1.82) is 0 Å². The van der Waals surface area contributed by atoms with Gasteiger partial charge in [-0.3, -0.25) is 4.79 Å². The van der Waals surface area contributed by atoms with E-state index in [9.17, 15) is 4.79 Å². The number of aromatic nitrogens is 1. The Hall–Kier alpha value is -1.53. The van der Waals surface area contributed by atoms with E-state index in [-0.39, 0.29) is 5.91 Å². The van der Waals surface area contributed by atoms with Gasteiger partial charge in [0.15, 0.2) is 0 Å². The van der Waals surface area contributed by atoms with Crippen LogP contribution in [-0.4, -0.2) is 10.9 Å². The monoisotopic (exact) mass is 408 g/mol. The summed E-state index contributed by atoms with van der Waals surface area (Å²) in [4.78, 5) is 15.6. The molecule has 21 heavy (non-hydrogen) atoms. The molecule has 0 saturated heterocycles. The lowest BCUT2D eigenvalue weighted by Crippen LogP contribution is -2.12. The second-order valence-corrected chi connectivity index (χ2v) is 6.77. The molecule has 3 nitrogen and oxygen atoms in total. The average molecular weight is 409 g/mol. The third-order valence-corrected chi connectivity index (χ3v) is 4.64. The zero-order valence-corrected chi connectivity index (χ0v) is 13.7. The van der Waals surface area contributed by atoms with Crippen molar-refractivity contribution in [2.75, 3.05) is 5.32 Å². The Labute approximate surface area is 139 Å². The van der Waals surface area contributed by atoms with E-state index in [4.69, 9.17) is 11.6 Å². The maximum Gasteiger partial charge on any atom is 0.228 e. The molecule has 3 aromatic rings. The van der Waals surface area contributed by atoms with Crippen molar-refractivity contribution in [2.24, 2.45) is 0 Å². The fourth-order valence-electron chi connectivity index (χ4n) is 2.82. The van der Waals surface area contributed by atoms with Gasteiger partial charge in [-0.2, -0.15) is 0 Å². The summed E-state index contributed by atoms with van der Waals surface area (Å²) in [5.41, 5.74) is 4.78. The lowest BCUT2D eigenvalue weighted by atomic mass is 10.0. The highest BCUT2D eigenvalue weighted by atomic mass is 127. The van der Waals surface area contributed by atoms with Gasteiger partial charge in [-0.1, -0.05) is 11.6 Å². The Kier molecular flexibility index (Phi) is 2.97. The maximum atomic E-state index is 12.2. The Morgan fingerprint density at radius 3 is 2.86 bits per heavy atom. The molecule has 2 heterocycles. The van der Waals surface area contributed by atoms with E-state index in [1.54, 1.807) is 6.07 Å². The largest absolute Gasteiger partial charge is 0.354 e. The normalized spacial score (nSPS) is 13.5. The van der Waals surface area contributed by atoms with Gasteiger partial charge in [-0.05, 0) is 64.6 Å². The van der Waals surface area contributed by atoms with E-state index in [0.29, 0.717) is 11.4 Å². The minimum atomic E-state index is -0.00270. The summed E-state index contributed by atoms with van der Waals surface area (Å²) in [6.07, 6.45) is 0.363. The molecular weight excluding hydrogens is 399 g/mol.